The predicted molar refractivity (Wildman–Crippen MR) is 86.3 cm³/mol. The first kappa shape index (κ1) is 16.1. The van der Waals surface area contributed by atoms with Crippen LogP contribution in [0.15, 0.2) is 36.5 Å². The Bertz CT molecular complexity index is 590. The number of benzene rings is 1. The summed E-state index contributed by atoms with van der Waals surface area (Å²) in [7, 11) is 3.40. The Kier molecular flexibility index (Phi) is 4.54. The average Bonchev–Trinajstić information content (AvgIpc) is 2.45. The average molecular weight is 301 g/mol. The van der Waals surface area contributed by atoms with Crippen molar-refractivity contribution in [2.75, 3.05) is 14.1 Å². The highest BCUT2D eigenvalue weighted by Gasteiger charge is 2.38. The molecule has 1 aliphatic heterocycles. The summed E-state index contributed by atoms with van der Waals surface area (Å²) in [5.74, 6) is -0.168. The summed E-state index contributed by atoms with van der Waals surface area (Å²) in [5.41, 5.74) is 2.55. The van der Waals surface area contributed by atoms with E-state index in [1.807, 2.05) is 24.3 Å². The van der Waals surface area contributed by atoms with Crippen LogP contribution in [0.1, 0.15) is 36.9 Å². The zero-order chi connectivity index (χ0) is 16.4. The van der Waals surface area contributed by atoms with Crippen LogP contribution in [0.5, 0.6) is 0 Å². The summed E-state index contributed by atoms with van der Waals surface area (Å²) in [5, 5.41) is 5.44. The molecule has 2 N–H and O–H groups in total. The minimum absolute atomic E-state index is 0.0876. The van der Waals surface area contributed by atoms with Gasteiger partial charge in [-0.2, -0.15) is 0 Å². The first-order chi connectivity index (χ1) is 10.3. The van der Waals surface area contributed by atoms with Gasteiger partial charge in [0.1, 0.15) is 5.92 Å². The Morgan fingerprint density at radius 3 is 2.32 bits per heavy atom. The number of carbonyl (C=O) groups excluding carboxylic acids is 2. The zero-order valence-corrected chi connectivity index (χ0v) is 13.5. The van der Waals surface area contributed by atoms with Crippen LogP contribution >= 0.6 is 0 Å². The number of carbonyl (C=O) groups is 2. The van der Waals surface area contributed by atoms with E-state index in [4.69, 9.17) is 0 Å². The molecule has 1 saturated heterocycles. The van der Waals surface area contributed by atoms with E-state index in [9.17, 15) is 9.59 Å². The van der Waals surface area contributed by atoms with E-state index in [2.05, 4.69) is 31.1 Å². The van der Waals surface area contributed by atoms with Crippen molar-refractivity contribution in [1.29, 1.82) is 0 Å². The van der Waals surface area contributed by atoms with E-state index < -0.39 is 12.0 Å². The number of rotatable bonds is 3. The lowest BCUT2D eigenvalue weighted by Crippen LogP contribution is -2.52. The second-order valence-corrected chi connectivity index (χ2v) is 6.13. The smallest absolute Gasteiger partial charge is 0.319 e. The summed E-state index contributed by atoms with van der Waals surface area (Å²) in [6.07, 6.45) is 0. The van der Waals surface area contributed by atoms with E-state index in [1.54, 1.807) is 14.1 Å². The van der Waals surface area contributed by atoms with E-state index >= 15 is 0 Å². The molecule has 0 aliphatic carbocycles. The van der Waals surface area contributed by atoms with Gasteiger partial charge in [0.05, 0.1) is 6.04 Å². The van der Waals surface area contributed by atoms with Crippen molar-refractivity contribution < 1.29 is 9.59 Å². The molecule has 0 aromatic heterocycles. The zero-order valence-electron chi connectivity index (χ0n) is 13.5. The molecule has 0 saturated carbocycles. The highest BCUT2D eigenvalue weighted by Crippen LogP contribution is 2.31. The summed E-state index contributed by atoms with van der Waals surface area (Å²) in [4.78, 5) is 25.7. The first-order valence-electron chi connectivity index (χ1n) is 7.38. The third-order valence-electron chi connectivity index (χ3n) is 3.94. The van der Waals surface area contributed by atoms with Gasteiger partial charge in [-0.15, -0.1) is 0 Å². The standard InChI is InChI=1S/C17H23N3O2/c1-10(2)12-6-8-13(9-7-12)15-14(16(21)20(4)5)11(3)18-17(22)19-15/h6-10,14-15H,3H2,1-2,4-5H3,(H2,18,19,22)/t14-,15+/m1/s1. The summed E-state index contributed by atoms with van der Waals surface area (Å²) in [6.45, 7) is 8.10. The molecule has 1 aliphatic rings. The van der Waals surface area contributed by atoms with Gasteiger partial charge in [-0.25, -0.2) is 4.79 Å². The van der Waals surface area contributed by atoms with Crippen LogP contribution in [-0.2, 0) is 4.79 Å². The molecule has 0 unspecified atom stereocenters. The van der Waals surface area contributed by atoms with Gasteiger partial charge in [0, 0.05) is 19.8 Å². The van der Waals surface area contributed by atoms with Crippen molar-refractivity contribution in [1.82, 2.24) is 15.5 Å². The number of hydrogen-bond acceptors (Lipinski definition) is 2. The molecule has 0 spiro atoms. The van der Waals surface area contributed by atoms with Gasteiger partial charge in [0.2, 0.25) is 5.91 Å². The molecule has 0 bridgehead atoms. The van der Waals surface area contributed by atoms with Crippen LogP contribution < -0.4 is 10.6 Å². The lowest BCUT2D eigenvalue weighted by Gasteiger charge is -2.35. The molecule has 3 amide bonds. The van der Waals surface area contributed by atoms with Gasteiger partial charge in [-0.1, -0.05) is 44.7 Å². The minimum Gasteiger partial charge on any atom is -0.348 e. The van der Waals surface area contributed by atoms with Crippen LogP contribution in [0.3, 0.4) is 0 Å². The Balaban J connectivity index is 2.36. The molecule has 118 valence electrons. The van der Waals surface area contributed by atoms with Crippen LogP contribution in [-0.4, -0.2) is 30.9 Å². The highest BCUT2D eigenvalue weighted by atomic mass is 16.2. The van der Waals surface area contributed by atoms with E-state index in [0.29, 0.717) is 11.6 Å². The van der Waals surface area contributed by atoms with Gasteiger partial charge in [0.25, 0.3) is 0 Å². The van der Waals surface area contributed by atoms with E-state index in [1.165, 1.54) is 10.5 Å². The molecule has 1 heterocycles. The molecule has 1 aromatic rings. The van der Waals surface area contributed by atoms with E-state index in [0.717, 1.165) is 5.56 Å². The Morgan fingerprint density at radius 2 is 1.82 bits per heavy atom. The predicted octanol–water partition coefficient (Wildman–Crippen LogP) is 2.38. The molecule has 1 fully saturated rings. The Hall–Kier alpha value is -2.30. The summed E-state index contributed by atoms with van der Waals surface area (Å²) < 4.78 is 0. The Labute approximate surface area is 131 Å². The number of urea groups is 1. The maximum Gasteiger partial charge on any atom is 0.319 e. The molecular formula is C17H23N3O2. The SMILES string of the molecule is C=C1NC(=O)N[C@@H](c2ccc(C(C)C)cc2)[C@@H]1C(=O)N(C)C. The molecule has 0 radical (unpaired) electrons. The van der Waals surface area contributed by atoms with Crippen LogP contribution in [0, 0.1) is 5.92 Å². The van der Waals surface area contributed by atoms with Crippen molar-refractivity contribution in [2.24, 2.45) is 5.92 Å². The molecule has 2 rings (SSSR count). The molecular weight excluding hydrogens is 278 g/mol. The number of amides is 3. The fourth-order valence-electron chi connectivity index (χ4n) is 2.62. The number of hydrogen-bond donors (Lipinski definition) is 2. The Morgan fingerprint density at radius 1 is 1.23 bits per heavy atom. The quantitative estimate of drug-likeness (QED) is 0.900. The van der Waals surface area contributed by atoms with Crippen molar-refractivity contribution in [3.63, 3.8) is 0 Å². The third-order valence-corrected chi connectivity index (χ3v) is 3.94. The summed E-state index contributed by atoms with van der Waals surface area (Å²) in [6, 6.07) is 7.27. The first-order valence-corrected chi connectivity index (χ1v) is 7.38. The number of nitrogens with one attached hydrogen (secondary N) is 2. The van der Waals surface area contributed by atoms with Crippen LogP contribution in [0.4, 0.5) is 4.79 Å². The second kappa shape index (κ2) is 6.22. The van der Waals surface area contributed by atoms with Crippen molar-refractivity contribution >= 4 is 11.9 Å². The van der Waals surface area contributed by atoms with Gasteiger partial charge in [-0.3, -0.25) is 4.79 Å². The van der Waals surface area contributed by atoms with Crippen molar-refractivity contribution in [3.05, 3.63) is 47.7 Å². The normalized spacial score (nSPS) is 21.3. The van der Waals surface area contributed by atoms with Gasteiger partial charge < -0.3 is 15.5 Å². The highest BCUT2D eigenvalue weighted by molar-refractivity contribution is 5.87. The molecule has 1 aromatic carbocycles. The fraction of sp³-hybridized carbons (Fsp3) is 0.412. The van der Waals surface area contributed by atoms with Gasteiger partial charge in [0.15, 0.2) is 0 Å². The topological polar surface area (TPSA) is 61.4 Å². The molecule has 5 heteroatoms. The maximum absolute atomic E-state index is 12.4. The lowest BCUT2D eigenvalue weighted by molar-refractivity contribution is -0.132. The van der Waals surface area contributed by atoms with Gasteiger partial charge in [-0.05, 0) is 17.0 Å². The van der Waals surface area contributed by atoms with Crippen LogP contribution in [0.25, 0.3) is 0 Å². The van der Waals surface area contributed by atoms with Crippen molar-refractivity contribution in [2.45, 2.75) is 25.8 Å². The van der Waals surface area contributed by atoms with Gasteiger partial charge >= 0.3 is 6.03 Å². The molecule has 5 nitrogen and oxygen atoms in total. The summed E-state index contributed by atoms with van der Waals surface area (Å²) >= 11 is 0. The second-order valence-electron chi connectivity index (χ2n) is 6.13. The van der Waals surface area contributed by atoms with E-state index in [-0.39, 0.29) is 11.9 Å². The third kappa shape index (κ3) is 3.13. The monoisotopic (exact) mass is 301 g/mol. The molecule has 22 heavy (non-hydrogen) atoms. The lowest BCUT2D eigenvalue weighted by atomic mass is 9.87. The number of nitrogens with zero attached hydrogens (tertiary/aromatic N) is 1. The largest absolute Gasteiger partial charge is 0.348 e. The van der Waals surface area contributed by atoms with Crippen LogP contribution in [0.2, 0.25) is 0 Å². The minimum atomic E-state index is -0.516. The molecule has 2 atom stereocenters. The maximum atomic E-state index is 12.4. The van der Waals surface area contributed by atoms with Crippen molar-refractivity contribution in [3.8, 4) is 0 Å². The fourth-order valence-corrected chi connectivity index (χ4v) is 2.62.